The molecule has 1 aromatic heterocycles. The zero-order chi connectivity index (χ0) is 13.5. The fourth-order valence-corrected chi connectivity index (χ4v) is 2.35. The molecule has 0 aliphatic heterocycles. The van der Waals surface area contributed by atoms with Gasteiger partial charge >= 0.3 is 0 Å². The van der Waals surface area contributed by atoms with Crippen LogP contribution in [0.15, 0.2) is 0 Å². The summed E-state index contributed by atoms with van der Waals surface area (Å²) in [5.74, 6) is 0. The van der Waals surface area contributed by atoms with Gasteiger partial charge in [0.1, 0.15) is 0 Å². The Bertz CT molecular complexity index is 365. The maximum atomic E-state index is 8.73. The van der Waals surface area contributed by atoms with E-state index in [1.807, 2.05) is 11.7 Å². The smallest absolute Gasteiger partial charge is 0.0863 e. The standard InChI is InChI=1S/C13H24ClN3O/c1-4-11-13(14)12(17(3)15-11)10-16(2)8-6-5-7-9-18/h18H,4-10H2,1-3H3. The van der Waals surface area contributed by atoms with E-state index in [4.69, 9.17) is 16.7 Å². The lowest BCUT2D eigenvalue weighted by molar-refractivity contribution is 0.269. The van der Waals surface area contributed by atoms with E-state index in [1.165, 1.54) is 0 Å². The molecule has 0 fully saturated rings. The van der Waals surface area contributed by atoms with Crippen molar-refractivity contribution in [1.82, 2.24) is 14.7 Å². The lowest BCUT2D eigenvalue weighted by Gasteiger charge is -2.16. The van der Waals surface area contributed by atoms with Crippen molar-refractivity contribution in [2.75, 3.05) is 20.2 Å². The summed E-state index contributed by atoms with van der Waals surface area (Å²) < 4.78 is 1.88. The number of rotatable bonds is 8. The largest absolute Gasteiger partial charge is 0.396 e. The van der Waals surface area contributed by atoms with Crippen molar-refractivity contribution in [3.8, 4) is 0 Å². The minimum atomic E-state index is 0.289. The number of hydrogen-bond acceptors (Lipinski definition) is 3. The van der Waals surface area contributed by atoms with Gasteiger partial charge in [-0.15, -0.1) is 0 Å². The van der Waals surface area contributed by atoms with Gasteiger partial charge in [-0.1, -0.05) is 18.5 Å². The average Bonchev–Trinajstić information content (AvgIpc) is 2.62. The minimum Gasteiger partial charge on any atom is -0.396 e. The fraction of sp³-hybridized carbons (Fsp3) is 0.769. The molecule has 0 aliphatic rings. The molecule has 0 aliphatic carbocycles. The van der Waals surface area contributed by atoms with Gasteiger partial charge in [0.2, 0.25) is 0 Å². The summed E-state index contributed by atoms with van der Waals surface area (Å²) in [6.45, 7) is 4.19. The zero-order valence-corrected chi connectivity index (χ0v) is 12.4. The van der Waals surface area contributed by atoms with Gasteiger partial charge in [0.15, 0.2) is 0 Å². The zero-order valence-electron chi connectivity index (χ0n) is 11.6. The van der Waals surface area contributed by atoms with Crippen LogP contribution < -0.4 is 0 Å². The number of aryl methyl sites for hydroxylation is 2. The topological polar surface area (TPSA) is 41.3 Å². The Morgan fingerprint density at radius 2 is 2.06 bits per heavy atom. The predicted molar refractivity (Wildman–Crippen MR) is 74.9 cm³/mol. The highest BCUT2D eigenvalue weighted by molar-refractivity contribution is 6.31. The molecule has 0 amide bonds. The van der Waals surface area contributed by atoms with E-state index >= 15 is 0 Å². The van der Waals surface area contributed by atoms with E-state index in [0.29, 0.717) is 0 Å². The Hall–Kier alpha value is -0.580. The van der Waals surface area contributed by atoms with Gasteiger partial charge in [0.25, 0.3) is 0 Å². The summed E-state index contributed by atoms with van der Waals surface area (Å²) in [4.78, 5) is 2.25. The molecule has 0 saturated carbocycles. The Labute approximate surface area is 115 Å². The SMILES string of the molecule is CCc1nn(C)c(CN(C)CCCCCO)c1Cl. The van der Waals surface area contributed by atoms with Crippen molar-refractivity contribution in [3.63, 3.8) is 0 Å². The third kappa shape index (κ3) is 4.26. The van der Waals surface area contributed by atoms with Gasteiger partial charge in [-0.3, -0.25) is 4.68 Å². The summed E-state index contributed by atoms with van der Waals surface area (Å²) in [7, 11) is 4.04. The van der Waals surface area contributed by atoms with Gasteiger partial charge in [-0.25, -0.2) is 0 Å². The summed E-state index contributed by atoms with van der Waals surface area (Å²) in [5, 5.41) is 14.0. The highest BCUT2D eigenvalue weighted by atomic mass is 35.5. The number of unbranched alkanes of at least 4 members (excludes halogenated alkanes) is 2. The number of hydrogen-bond donors (Lipinski definition) is 1. The van der Waals surface area contributed by atoms with Crippen LogP contribution in [0.3, 0.4) is 0 Å². The number of aliphatic hydroxyl groups is 1. The number of aliphatic hydroxyl groups excluding tert-OH is 1. The molecule has 0 aromatic carbocycles. The van der Waals surface area contributed by atoms with Crippen LogP contribution in [0.2, 0.25) is 5.02 Å². The molecule has 0 radical (unpaired) electrons. The van der Waals surface area contributed by atoms with Crippen molar-refractivity contribution in [2.24, 2.45) is 7.05 Å². The Kier molecular flexibility index (Phi) is 6.68. The lowest BCUT2D eigenvalue weighted by Crippen LogP contribution is -2.21. The van der Waals surface area contributed by atoms with Crippen molar-refractivity contribution < 1.29 is 5.11 Å². The number of halogens is 1. The van der Waals surface area contributed by atoms with E-state index in [2.05, 4.69) is 24.0 Å². The molecule has 0 unspecified atom stereocenters. The van der Waals surface area contributed by atoms with Gasteiger partial charge in [-0.2, -0.15) is 5.10 Å². The van der Waals surface area contributed by atoms with Crippen LogP contribution in [0.25, 0.3) is 0 Å². The number of nitrogens with zero attached hydrogens (tertiary/aromatic N) is 3. The van der Waals surface area contributed by atoms with Crippen molar-refractivity contribution in [2.45, 2.75) is 39.2 Å². The number of aromatic nitrogens is 2. The Balaban J connectivity index is 2.48. The van der Waals surface area contributed by atoms with Gasteiger partial charge in [0.05, 0.1) is 16.4 Å². The molecule has 0 atom stereocenters. The molecule has 1 rings (SSSR count). The van der Waals surface area contributed by atoms with Crippen LogP contribution in [-0.2, 0) is 20.0 Å². The molecular weight excluding hydrogens is 250 g/mol. The van der Waals surface area contributed by atoms with Gasteiger partial charge in [0, 0.05) is 20.2 Å². The molecule has 0 bridgehead atoms. The summed E-state index contributed by atoms with van der Waals surface area (Å²) >= 11 is 6.31. The molecule has 104 valence electrons. The first-order chi connectivity index (χ1) is 8.60. The molecule has 18 heavy (non-hydrogen) atoms. The van der Waals surface area contributed by atoms with Crippen LogP contribution in [0.1, 0.15) is 37.6 Å². The van der Waals surface area contributed by atoms with E-state index in [9.17, 15) is 0 Å². The summed E-state index contributed by atoms with van der Waals surface area (Å²) in [5.41, 5.74) is 2.06. The molecule has 0 saturated heterocycles. The first-order valence-corrected chi connectivity index (χ1v) is 6.97. The van der Waals surface area contributed by atoms with E-state index < -0.39 is 0 Å². The van der Waals surface area contributed by atoms with E-state index in [1.54, 1.807) is 0 Å². The fourth-order valence-electron chi connectivity index (χ4n) is 2.00. The van der Waals surface area contributed by atoms with Crippen LogP contribution >= 0.6 is 11.6 Å². The van der Waals surface area contributed by atoms with Crippen LogP contribution in [0.5, 0.6) is 0 Å². The maximum absolute atomic E-state index is 8.73. The lowest BCUT2D eigenvalue weighted by atomic mass is 10.2. The predicted octanol–water partition coefficient (Wildman–Crippen LogP) is 2.23. The highest BCUT2D eigenvalue weighted by Gasteiger charge is 2.14. The van der Waals surface area contributed by atoms with Gasteiger partial charge in [-0.05, 0) is 39.3 Å². The third-order valence-corrected chi connectivity index (χ3v) is 3.56. The maximum Gasteiger partial charge on any atom is 0.0863 e. The van der Waals surface area contributed by atoms with Gasteiger partial charge < -0.3 is 10.0 Å². The molecule has 1 N–H and O–H groups in total. The Morgan fingerprint density at radius 1 is 1.33 bits per heavy atom. The minimum absolute atomic E-state index is 0.289. The summed E-state index contributed by atoms with van der Waals surface area (Å²) in [6, 6.07) is 0. The highest BCUT2D eigenvalue weighted by Crippen LogP contribution is 2.21. The van der Waals surface area contributed by atoms with Crippen LogP contribution in [0.4, 0.5) is 0 Å². The summed E-state index contributed by atoms with van der Waals surface area (Å²) in [6.07, 6.45) is 3.93. The third-order valence-electron chi connectivity index (χ3n) is 3.12. The monoisotopic (exact) mass is 273 g/mol. The molecular formula is C13H24ClN3O. The molecule has 1 aromatic rings. The quantitative estimate of drug-likeness (QED) is 0.739. The van der Waals surface area contributed by atoms with Crippen LogP contribution in [0, 0.1) is 0 Å². The van der Waals surface area contributed by atoms with E-state index in [0.717, 1.165) is 55.2 Å². The molecule has 5 heteroatoms. The molecule has 4 nitrogen and oxygen atoms in total. The van der Waals surface area contributed by atoms with Crippen molar-refractivity contribution in [3.05, 3.63) is 16.4 Å². The normalized spacial score (nSPS) is 11.4. The molecule has 1 heterocycles. The van der Waals surface area contributed by atoms with Crippen molar-refractivity contribution >= 4 is 11.6 Å². The van der Waals surface area contributed by atoms with E-state index in [-0.39, 0.29) is 6.61 Å². The van der Waals surface area contributed by atoms with Crippen LogP contribution in [-0.4, -0.2) is 40.0 Å². The molecule has 0 spiro atoms. The second-order valence-corrected chi connectivity index (χ2v) is 5.08. The first-order valence-electron chi connectivity index (χ1n) is 6.59. The average molecular weight is 274 g/mol. The first kappa shape index (κ1) is 15.5. The second-order valence-electron chi connectivity index (χ2n) is 4.71. The second kappa shape index (κ2) is 7.77. The van der Waals surface area contributed by atoms with Crippen molar-refractivity contribution in [1.29, 1.82) is 0 Å². The Morgan fingerprint density at radius 3 is 2.61 bits per heavy atom.